The smallest absolute Gasteiger partial charge is 0.325 e. The monoisotopic (exact) mass is 364 g/mol. The van der Waals surface area contributed by atoms with Crippen molar-refractivity contribution in [3.05, 3.63) is 34.9 Å². The molecule has 0 aliphatic rings. The van der Waals surface area contributed by atoms with E-state index in [1.165, 1.54) is 10.8 Å². The fourth-order valence-corrected chi connectivity index (χ4v) is 1.89. The summed E-state index contributed by atoms with van der Waals surface area (Å²) >= 11 is 0. The zero-order valence-corrected chi connectivity index (χ0v) is 12.7. The van der Waals surface area contributed by atoms with Crippen molar-refractivity contribution in [2.24, 2.45) is 11.5 Å². The van der Waals surface area contributed by atoms with Crippen LogP contribution in [0.2, 0.25) is 0 Å². The van der Waals surface area contributed by atoms with Crippen LogP contribution >= 0.6 is 12.4 Å². The molecule has 0 aliphatic carbocycles. The molecular formula is C13H17ClF6N3+. The maximum absolute atomic E-state index is 12.7. The van der Waals surface area contributed by atoms with Crippen LogP contribution < -0.4 is 11.5 Å². The topological polar surface area (TPSA) is 55.0 Å². The molecule has 0 heterocycles. The summed E-state index contributed by atoms with van der Waals surface area (Å²) in [5.41, 5.74) is 7.88. The molecular weight excluding hydrogens is 348 g/mol. The van der Waals surface area contributed by atoms with Crippen LogP contribution in [0.15, 0.2) is 18.2 Å². The molecule has 0 saturated carbocycles. The van der Waals surface area contributed by atoms with Gasteiger partial charge in [-0.15, -0.1) is 12.4 Å². The molecule has 0 radical (unpaired) electrons. The number of benzene rings is 1. The van der Waals surface area contributed by atoms with Gasteiger partial charge in [0.25, 0.3) is 0 Å². The van der Waals surface area contributed by atoms with Crippen molar-refractivity contribution in [1.82, 2.24) is 0 Å². The van der Waals surface area contributed by atoms with E-state index in [-0.39, 0.29) is 50.2 Å². The van der Waals surface area contributed by atoms with E-state index >= 15 is 0 Å². The molecule has 1 aromatic carbocycles. The van der Waals surface area contributed by atoms with E-state index in [0.717, 1.165) is 0 Å². The maximum Gasteiger partial charge on any atom is 0.416 e. The second-order valence-electron chi connectivity index (χ2n) is 4.59. The summed E-state index contributed by atoms with van der Waals surface area (Å²) in [6.07, 6.45) is -8.24. The minimum atomic E-state index is -4.85. The van der Waals surface area contributed by atoms with E-state index < -0.39 is 23.5 Å². The third kappa shape index (κ3) is 6.76. The Labute approximate surface area is 135 Å². The second-order valence-corrected chi connectivity index (χ2v) is 4.59. The molecule has 0 spiro atoms. The average Bonchev–Trinajstić information content (AvgIpc) is 2.37. The van der Waals surface area contributed by atoms with Crippen molar-refractivity contribution < 1.29 is 30.9 Å². The predicted octanol–water partition coefficient (Wildman–Crippen LogP) is 2.65. The first-order valence-corrected chi connectivity index (χ1v) is 6.33. The Morgan fingerprint density at radius 1 is 0.913 bits per heavy atom. The highest BCUT2D eigenvalue weighted by atomic mass is 35.5. The molecule has 0 fully saturated rings. The summed E-state index contributed by atoms with van der Waals surface area (Å²) in [5, 5.41) is 0. The summed E-state index contributed by atoms with van der Waals surface area (Å²) in [7, 11) is 0. The highest BCUT2D eigenvalue weighted by molar-refractivity contribution is 5.85. The molecule has 132 valence electrons. The van der Waals surface area contributed by atoms with Gasteiger partial charge in [0.15, 0.2) is 19.3 Å². The molecule has 1 rings (SSSR count). The average molecular weight is 365 g/mol. The van der Waals surface area contributed by atoms with Crippen LogP contribution in [-0.4, -0.2) is 30.4 Å². The standard InChI is InChI=1S/C13H16F6N3.ClH/c14-12(15,16)10-5-9(6-11(7-10)13(17,18)19)8-22(3-1-20)4-2-21;/h3,5-7H,1-2,4,8,20-21H2;1H/q+1;/b22-3+;. The van der Waals surface area contributed by atoms with Gasteiger partial charge < -0.3 is 11.5 Å². The van der Waals surface area contributed by atoms with E-state index in [1.807, 2.05) is 0 Å². The minimum Gasteiger partial charge on any atom is -0.325 e. The molecule has 0 unspecified atom stereocenters. The fraction of sp³-hybridized carbons (Fsp3) is 0.462. The zero-order valence-electron chi connectivity index (χ0n) is 11.9. The lowest BCUT2D eigenvalue weighted by Crippen LogP contribution is -2.24. The van der Waals surface area contributed by atoms with Gasteiger partial charge in [0, 0.05) is 5.56 Å². The van der Waals surface area contributed by atoms with Crippen molar-refractivity contribution in [3.8, 4) is 0 Å². The van der Waals surface area contributed by atoms with Gasteiger partial charge in [-0.1, -0.05) is 0 Å². The van der Waals surface area contributed by atoms with Crippen LogP contribution in [-0.2, 0) is 18.9 Å². The summed E-state index contributed by atoms with van der Waals surface area (Å²) < 4.78 is 77.9. The van der Waals surface area contributed by atoms with Gasteiger partial charge in [0.05, 0.1) is 24.2 Å². The highest BCUT2D eigenvalue weighted by Crippen LogP contribution is 2.36. The van der Waals surface area contributed by atoms with E-state index in [0.29, 0.717) is 12.1 Å². The van der Waals surface area contributed by atoms with Gasteiger partial charge in [-0.05, 0) is 18.2 Å². The van der Waals surface area contributed by atoms with Gasteiger partial charge in [-0.2, -0.15) is 26.3 Å². The number of halogens is 7. The summed E-state index contributed by atoms with van der Waals surface area (Å²) in [6, 6.07) is 1.50. The minimum absolute atomic E-state index is 0. The largest absolute Gasteiger partial charge is 0.416 e. The van der Waals surface area contributed by atoms with Crippen LogP contribution in [0.4, 0.5) is 26.3 Å². The Bertz CT molecular complexity index is 507. The van der Waals surface area contributed by atoms with Crippen LogP contribution in [0, 0.1) is 0 Å². The molecule has 0 aliphatic heterocycles. The van der Waals surface area contributed by atoms with E-state index in [2.05, 4.69) is 0 Å². The summed E-state index contributed by atoms with van der Waals surface area (Å²) in [4.78, 5) is 0. The highest BCUT2D eigenvalue weighted by Gasteiger charge is 2.37. The molecule has 3 nitrogen and oxygen atoms in total. The third-order valence-electron chi connectivity index (χ3n) is 2.81. The van der Waals surface area contributed by atoms with Crippen molar-refractivity contribution >= 4 is 18.6 Å². The molecule has 23 heavy (non-hydrogen) atoms. The summed E-state index contributed by atoms with van der Waals surface area (Å²) in [6.45, 7) is 0.433. The number of rotatable bonds is 5. The maximum atomic E-state index is 12.7. The van der Waals surface area contributed by atoms with Gasteiger partial charge in [-0.3, -0.25) is 0 Å². The van der Waals surface area contributed by atoms with Gasteiger partial charge in [-0.25, -0.2) is 4.58 Å². The van der Waals surface area contributed by atoms with Crippen LogP contribution in [0.25, 0.3) is 0 Å². The zero-order chi connectivity index (χ0) is 17.0. The number of hydrogen-bond acceptors (Lipinski definition) is 2. The van der Waals surface area contributed by atoms with Crippen LogP contribution in [0.5, 0.6) is 0 Å². The van der Waals surface area contributed by atoms with E-state index in [4.69, 9.17) is 11.5 Å². The quantitative estimate of drug-likeness (QED) is 0.479. The molecule has 10 heteroatoms. The first-order chi connectivity index (χ1) is 10.1. The van der Waals surface area contributed by atoms with Gasteiger partial charge >= 0.3 is 12.4 Å². The van der Waals surface area contributed by atoms with Crippen molar-refractivity contribution in [3.63, 3.8) is 0 Å². The molecule has 0 bridgehead atoms. The predicted molar refractivity (Wildman–Crippen MR) is 76.7 cm³/mol. The Hall–Kier alpha value is -1.32. The number of alkyl halides is 6. The number of nitrogens with two attached hydrogens (primary N) is 2. The van der Waals surface area contributed by atoms with Crippen molar-refractivity contribution in [1.29, 1.82) is 0 Å². The normalized spacial score (nSPS) is 13.0. The van der Waals surface area contributed by atoms with Gasteiger partial charge in [0.2, 0.25) is 0 Å². The van der Waals surface area contributed by atoms with E-state index in [1.54, 1.807) is 0 Å². The van der Waals surface area contributed by atoms with Gasteiger partial charge in [0.1, 0.15) is 0 Å². The lowest BCUT2D eigenvalue weighted by Gasteiger charge is -2.13. The SMILES string of the molecule is Cl.NC/C=[N+](\CCN)Cc1cc(C(F)(F)F)cc(C(F)(F)F)c1. The molecule has 0 amide bonds. The van der Waals surface area contributed by atoms with Crippen LogP contribution in [0.1, 0.15) is 16.7 Å². The van der Waals surface area contributed by atoms with E-state index in [9.17, 15) is 26.3 Å². The first kappa shape index (κ1) is 21.7. The molecule has 0 aromatic heterocycles. The fourth-order valence-electron chi connectivity index (χ4n) is 1.89. The first-order valence-electron chi connectivity index (χ1n) is 6.33. The molecule has 0 saturated heterocycles. The Balaban J connectivity index is 0.00000484. The Morgan fingerprint density at radius 2 is 1.39 bits per heavy atom. The third-order valence-corrected chi connectivity index (χ3v) is 2.81. The number of hydrogen-bond donors (Lipinski definition) is 2. The molecule has 0 atom stereocenters. The second kappa shape index (κ2) is 8.51. The Kier molecular flexibility index (Phi) is 8.02. The summed E-state index contributed by atoms with van der Waals surface area (Å²) in [5.74, 6) is 0. The lowest BCUT2D eigenvalue weighted by atomic mass is 10.0. The molecule has 1 aromatic rings. The Morgan fingerprint density at radius 3 is 1.74 bits per heavy atom. The van der Waals surface area contributed by atoms with Crippen LogP contribution in [0.3, 0.4) is 0 Å². The molecule has 4 N–H and O–H groups in total. The number of nitrogens with zero attached hydrogens (tertiary/aromatic N) is 1. The van der Waals surface area contributed by atoms with Crippen molar-refractivity contribution in [2.45, 2.75) is 18.9 Å². The van der Waals surface area contributed by atoms with Crippen molar-refractivity contribution in [2.75, 3.05) is 19.6 Å². The lowest BCUT2D eigenvalue weighted by molar-refractivity contribution is -0.537.